The third-order valence-electron chi connectivity index (χ3n) is 8.13. The fraction of sp³-hybridized carbons (Fsp3) is 0.419. The van der Waals surface area contributed by atoms with Crippen molar-refractivity contribution >= 4 is 11.7 Å². The van der Waals surface area contributed by atoms with Gasteiger partial charge in [0.2, 0.25) is 5.88 Å². The average Bonchev–Trinajstić information content (AvgIpc) is 3.41. The van der Waals surface area contributed by atoms with Crippen LogP contribution in [0.25, 0.3) is 11.3 Å². The van der Waals surface area contributed by atoms with E-state index in [9.17, 15) is 23.2 Å². The zero-order chi connectivity index (χ0) is 30.6. The number of amides is 2. The minimum Gasteiger partial charge on any atom is -0.477 e. The van der Waals surface area contributed by atoms with Crippen molar-refractivity contribution in [2.45, 2.75) is 43.9 Å². The lowest BCUT2D eigenvalue weighted by atomic mass is 9.81. The van der Waals surface area contributed by atoms with Crippen molar-refractivity contribution in [3.05, 3.63) is 71.5 Å². The number of aromatic nitrogens is 2. The van der Waals surface area contributed by atoms with Gasteiger partial charge in [-0.15, -0.1) is 0 Å². The van der Waals surface area contributed by atoms with Crippen LogP contribution in [0.4, 0.5) is 23.7 Å². The number of piperidine rings is 1. The van der Waals surface area contributed by atoms with Crippen LogP contribution in [-0.2, 0) is 11.7 Å². The van der Waals surface area contributed by atoms with E-state index in [4.69, 9.17) is 9.72 Å². The topological polar surface area (TPSA) is 106 Å². The number of nitrogens with zero attached hydrogens (tertiary/aromatic N) is 5. The molecule has 2 amide bonds. The molecule has 0 aliphatic carbocycles. The number of hydrogen-bond donors (Lipinski definition) is 2. The van der Waals surface area contributed by atoms with Crippen LogP contribution in [0.15, 0.2) is 54.9 Å². The third-order valence-corrected chi connectivity index (χ3v) is 8.13. The quantitative estimate of drug-likeness (QED) is 0.400. The number of ether oxygens (including phenoxy) is 1. The number of likely N-dealkylation sites (tertiary alicyclic amines) is 1. The minimum atomic E-state index is -4.54. The van der Waals surface area contributed by atoms with Gasteiger partial charge in [-0.3, -0.25) is 4.98 Å². The van der Waals surface area contributed by atoms with E-state index in [0.717, 1.165) is 42.8 Å². The van der Waals surface area contributed by atoms with Gasteiger partial charge >= 0.3 is 12.2 Å². The molecule has 0 radical (unpaired) electrons. The second-order valence-corrected chi connectivity index (χ2v) is 11.0. The number of hydrogen-bond acceptors (Lipinski definition) is 7. The Kier molecular flexibility index (Phi) is 8.73. The molecule has 2 saturated heterocycles. The predicted molar refractivity (Wildman–Crippen MR) is 155 cm³/mol. The number of carbonyl (C=O) groups excluding carboxylic acids is 1. The van der Waals surface area contributed by atoms with E-state index >= 15 is 0 Å². The van der Waals surface area contributed by atoms with Crippen LogP contribution in [0.5, 0.6) is 5.88 Å². The molecule has 1 atom stereocenters. The van der Waals surface area contributed by atoms with Crippen LogP contribution in [-0.4, -0.2) is 66.8 Å². The molecule has 226 valence electrons. The molecule has 0 spiro atoms. The Hall–Kier alpha value is -4.37. The molecule has 0 saturated carbocycles. The van der Waals surface area contributed by atoms with Crippen molar-refractivity contribution in [2.24, 2.45) is 0 Å². The molecule has 9 nitrogen and oxygen atoms in total. The van der Waals surface area contributed by atoms with Crippen molar-refractivity contribution in [1.82, 2.24) is 25.5 Å². The number of pyridine rings is 2. The molecule has 2 aliphatic heterocycles. The maximum atomic E-state index is 13.3. The van der Waals surface area contributed by atoms with E-state index < -0.39 is 17.3 Å². The highest BCUT2D eigenvalue weighted by atomic mass is 19.4. The monoisotopic (exact) mass is 593 g/mol. The molecule has 2 fully saturated rings. The molecule has 3 aromatic rings. The fourth-order valence-electron chi connectivity index (χ4n) is 5.86. The van der Waals surface area contributed by atoms with E-state index in [-0.39, 0.29) is 17.6 Å². The lowest BCUT2D eigenvalue weighted by molar-refractivity contribution is -0.137. The van der Waals surface area contributed by atoms with Gasteiger partial charge in [0.05, 0.1) is 40.2 Å². The highest BCUT2D eigenvalue weighted by Gasteiger charge is 2.40. The molecular weight excluding hydrogens is 559 g/mol. The Morgan fingerprint density at radius 1 is 1.16 bits per heavy atom. The Labute approximate surface area is 248 Å². The highest BCUT2D eigenvalue weighted by Crippen LogP contribution is 2.38. The lowest BCUT2D eigenvalue weighted by Crippen LogP contribution is -2.57. The van der Waals surface area contributed by atoms with E-state index in [1.165, 1.54) is 6.07 Å². The zero-order valence-corrected chi connectivity index (χ0v) is 24.1. The Bertz CT molecular complexity index is 1480. The third kappa shape index (κ3) is 6.67. The lowest BCUT2D eigenvalue weighted by Gasteiger charge is -2.43. The van der Waals surface area contributed by atoms with Gasteiger partial charge < -0.3 is 25.2 Å². The summed E-state index contributed by atoms with van der Waals surface area (Å²) in [4.78, 5) is 26.4. The van der Waals surface area contributed by atoms with Crippen LogP contribution < -0.4 is 20.3 Å². The van der Waals surface area contributed by atoms with E-state index in [0.29, 0.717) is 49.8 Å². The number of halogens is 3. The molecule has 4 heterocycles. The summed E-state index contributed by atoms with van der Waals surface area (Å²) in [5.41, 5.74) is 0.998. The smallest absolute Gasteiger partial charge is 0.416 e. The van der Waals surface area contributed by atoms with Gasteiger partial charge in [0.1, 0.15) is 6.07 Å². The van der Waals surface area contributed by atoms with Gasteiger partial charge in [-0.25, -0.2) is 9.78 Å². The predicted octanol–water partition coefficient (Wildman–Crippen LogP) is 4.93. The first-order valence-electron chi connectivity index (χ1n) is 14.3. The van der Waals surface area contributed by atoms with Crippen molar-refractivity contribution in [3.63, 3.8) is 0 Å². The number of likely N-dealkylation sites (N-methyl/N-ethyl adjacent to an activating group) is 1. The molecule has 2 aromatic heterocycles. The standard InChI is InChI=1S/C31H34F3N7O2/c1-3-43-28-25(5-4-13-36-28)26-8-6-23(19-37-26)30(39-29(42)38-24-10-14-40(2)20-24)11-15-41(16-12-30)27-9-7-22(31(32,33)34)17-21(27)18-35/h4-9,13,17,19,24H,3,10-12,14-16,20H2,1-2H3,(H2,38,39,42). The number of carbonyl (C=O) groups is 1. The van der Waals surface area contributed by atoms with Crippen molar-refractivity contribution in [3.8, 4) is 23.2 Å². The highest BCUT2D eigenvalue weighted by molar-refractivity contribution is 5.76. The van der Waals surface area contributed by atoms with Crippen LogP contribution in [0.3, 0.4) is 0 Å². The van der Waals surface area contributed by atoms with E-state index in [1.807, 2.05) is 49.2 Å². The number of urea groups is 1. The summed E-state index contributed by atoms with van der Waals surface area (Å²) < 4.78 is 45.5. The van der Waals surface area contributed by atoms with E-state index in [2.05, 4.69) is 20.5 Å². The van der Waals surface area contributed by atoms with Gasteiger partial charge in [0.25, 0.3) is 0 Å². The summed E-state index contributed by atoms with van der Waals surface area (Å²) in [6.45, 7) is 4.84. The van der Waals surface area contributed by atoms with Gasteiger partial charge in [0.15, 0.2) is 0 Å². The summed E-state index contributed by atoms with van der Waals surface area (Å²) in [7, 11) is 2.01. The Morgan fingerprint density at radius 3 is 2.58 bits per heavy atom. The van der Waals surface area contributed by atoms with Gasteiger partial charge in [-0.05, 0) is 81.7 Å². The molecule has 0 bridgehead atoms. The molecule has 2 N–H and O–H groups in total. The van der Waals surface area contributed by atoms with Crippen molar-refractivity contribution < 1.29 is 22.7 Å². The number of alkyl halides is 3. The summed E-state index contributed by atoms with van der Waals surface area (Å²) in [5, 5.41) is 15.9. The summed E-state index contributed by atoms with van der Waals surface area (Å²) in [6.07, 6.45) is 0.634. The Balaban J connectivity index is 1.41. The normalized spacial score (nSPS) is 18.6. The first kappa shape index (κ1) is 30.1. The molecule has 43 heavy (non-hydrogen) atoms. The second-order valence-electron chi connectivity index (χ2n) is 11.0. The van der Waals surface area contributed by atoms with E-state index in [1.54, 1.807) is 12.4 Å². The van der Waals surface area contributed by atoms with Gasteiger partial charge in [0, 0.05) is 38.1 Å². The fourth-order valence-corrected chi connectivity index (χ4v) is 5.86. The molecule has 2 aliphatic rings. The average molecular weight is 594 g/mol. The maximum Gasteiger partial charge on any atom is 0.416 e. The second kappa shape index (κ2) is 12.5. The molecule has 1 aromatic carbocycles. The number of nitriles is 1. The largest absolute Gasteiger partial charge is 0.477 e. The Morgan fingerprint density at radius 2 is 1.95 bits per heavy atom. The summed E-state index contributed by atoms with van der Waals surface area (Å²) in [6, 6.07) is 12.4. The summed E-state index contributed by atoms with van der Waals surface area (Å²) >= 11 is 0. The van der Waals surface area contributed by atoms with Crippen molar-refractivity contribution in [1.29, 1.82) is 5.26 Å². The molecule has 5 rings (SSSR count). The molecular formula is C31H34F3N7O2. The SMILES string of the molecule is CCOc1ncccc1-c1ccc(C2(NC(=O)NC3CCN(C)C3)CCN(c3ccc(C(F)(F)F)cc3C#N)CC2)cn1. The number of benzene rings is 1. The first-order valence-corrected chi connectivity index (χ1v) is 14.3. The van der Waals surface area contributed by atoms with Crippen LogP contribution in [0.2, 0.25) is 0 Å². The molecule has 12 heteroatoms. The zero-order valence-electron chi connectivity index (χ0n) is 24.1. The van der Waals surface area contributed by atoms with Crippen LogP contribution in [0, 0.1) is 11.3 Å². The van der Waals surface area contributed by atoms with Crippen molar-refractivity contribution in [2.75, 3.05) is 44.7 Å². The number of rotatable bonds is 7. The van der Waals surface area contributed by atoms with Gasteiger partial charge in [-0.1, -0.05) is 6.07 Å². The van der Waals surface area contributed by atoms with Crippen LogP contribution in [0.1, 0.15) is 42.9 Å². The number of anilines is 1. The maximum absolute atomic E-state index is 13.3. The van der Waals surface area contributed by atoms with Gasteiger partial charge in [-0.2, -0.15) is 18.4 Å². The molecule has 1 unspecified atom stereocenters. The number of nitrogens with one attached hydrogen (secondary N) is 2. The minimum absolute atomic E-state index is 0.0361. The first-order chi connectivity index (χ1) is 20.6. The summed E-state index contributed by atoms with van der Waals surface area (Å²) in [5.74, 6) is 0.483. The van der Waals surface area contributed by atoms with Crippen LogP contribution >= 0.6 is 0 Å².